The molecule has 0 spiro atoms. The molecule has 3 nitrogen and oxygen atoms in total. The molecule has 0 saturated heterocycles. The number of benzene rings is 1. The van der Waals surface area contributed by atoms with Crippen LogP contribution in [0.25, 0.3) is 0 Å². The minimum atomic E-state index is -0.764. The number of nitrogens with zero attached hydrogens (tertiary/aromatic N) is 2. The minimum absolute atomic E-state index is 0.121. The highest BCUT2D eigenvalue weighted by molar-refractivity contribution is 9.10. The van der Waals surface area contributed by atoms with Crippen molar-refractivity contribution in [3.8, 4) is 0 Å². The van der Waals surface area contributed by atoms with Gasteiger partial charge < -0.3 is 0 Å². The van der Waals surface area contributed by atoms with Gasteiger partial charge in [-0.05, 0) is 28.1 Å². The van der Waals surface area contributed by atoms with Gasteiger partial charge in [-0.3, -0.25) is 4.79 Å². The van der Waals surface area contributed by atoms with Crippen molar-refractivity contribution >= 4 is 21.7 Å². The molecule has 0 saturated carbocycles. The molecule has 1 heterocycles. The normalized spacial score (nSPS) is 10.4. The smallest absolute Gasteiger partial charge is 0.170 e. The predicted octanol–water partition coefficient (Wildman–Crippen LogP) is 2.94. The van der Waals surface area contributed by atoms with Gasteiger partial charge in [-0.2, -0.15) is 0 Å². The molecule has 2 aromatic rings. The first kappa shape index (κ1) is 12.8. The van der Waals surface area contributed by atoms with E-state index in [0.717, 1.165) is 6.07 Å². The second kappa shape index (κ2) is 5.30. The van der Waals surface area contributed by atoms with Gasteiger partial charge in [0.25, 0.3) is 0 Å². The Morgan fingerprint density at radius 2 is 1.89 bits per heavy atom. The van der Waals surface area contributed by atoms with Crippen LogP contribution in [-0.2, 0) is 6.42 Å². The largest absolute Gasteiger partial charge is 0.294 e. The summed E-state index contributed by atoms with van der Waals surface area (Å²) in [5.41, 5.74) is -0.0468. The molecule has 0 bridgehead atoms. The summed E-state index contributed by atoms with van der Waals surface area (Å²) in [5.74, 6) is -1.95. The van der Waals surface area contributed by atoms with E-state index in [1.165, 1.54) is 24.8 Å². The van der Waals surface area contributed by atoms with E-state index in [0.29, 0.717) is 0 Å². The van der Waals surface area contributed by atoms with Gasteiger partial charge in [-0.1, -0.05) is 0 Å². The van der Waals surface area contributed by atoms with Gasteiger partial charge in [0.1, 0.15) is 18.0 Å². The maximum atomic E-state index is 13.7. The van der Waals surface area contributed by atoms with E-state index in [2.05, 4.69) is 25.9 Å². The fraction of sp³-hybridized carbons (Fsp3) is 0.0833. The SMILES string of the molecule is O=C(Cc1c(F)ccc(Br)c1F)c1cncnc1. The Morgan fingerprint density at radius 1 is 1.22 bits per heavy atom. The zero-order chi connectivity index (χ0) is 13.1. The van der Waals surface area contributed by atoms with Gasteiger partial charge in [0.05, 0.1) is 10.0 Å². The van der Waals surface area contributed by atoms with Crippen molar-refractivity contribution in [3.63, 3.8) is 0 Å². The lowest BCUT2D eigenvalue weighted by Gasteiger charge is -2.05. The third-order valence-electron chi connectivity index (χ3n) is 2.36. The third-order valence-corrected chi connectivity index (χ3v) is 2.97. The van der Waals surface area contributed by atoms with E-state index in [4.69, 9.17) is 0 Å². The topological polar surface area (TPSA) is 42.9 Å². The molecule has 0 aliphatic carbocycles. The van der Waals surface area contributed by atoms with Crippen LogP contribution in [-0.4, -0.2) is 15.8 Å². The number of carbonyl (C=O) groups is 1. The van der Waals surface area contributed by atoms with E-state index < -0.39 is 17.4 Å². The summed E-state index contributed by atoms with van der Waals surface area (Å²) in [6, 6.07) is 2.36. The number of hydrogen-bond donors (Lipinski definition) is 0. The molecule has 1 aromatic carbocycles. The molecule has 0 aliphatic rings. The summed E-state index contributed by atoms with van der Waals surface area (Å²) in [4.78, 5) is 19.2. The molecule has 0 aliphatic heterocycles. The Labute approximate surface area is 110 Å². The van der Waals surface area contributed by atoms with Crippen molar-refractivity contribution in [2.75, 3.05) is 0 Å². The zero-order valence-corrected chi connectivity index (χ0v) is 10.6. The first-order valence-corrected chi connectivity index (χ1v) is 5.79. The van der Waals surface area contributed by atoms with E-state index in [1.807, 2.05) is 0 Å². The van der Waals surface area contributed by atoms with Crippen molar-refractivity contribution in [1.82, 2.24) is 9.97 Å². The van der Waals surface area contributed by atoms with Gasteiger partial charge in [0.2, 0.25) is 0 Å². The number of Topliss-reactive ketones (excluding diaryl/α,β-unsaturated/α-hetero) is 1. The van der Waals surface area contributed by atoms with E-state index in [9.17, 15) is 13.6 Å². The lowest BCUT2D eigenvalue weighted by molar-refractivity contribution is 0.0989. The second-order valence-corrected chi connectivity index (χ2v) is 4.40. The number of aromatic nitrogens is 2. The molecule has 0 amide bonds. The highest BCUT2D eigenvalue weighted by atomic mass is 79.9. The van der Waals surface area contributed by atoms with Crippen LogP contribution in [0.2, 0.25) is 0 Å². The molecule has 6 heteroatoms. The van der Waals surface area contributed by atoms with Crippen LogP contribution in [0, 0.1) is 11.6 Å². The lowest BCUT2D eigenvalue weighted by atomic mass is 10.0. The van der Waals surface area contributed by atoms with Crippen LogP contribution in [0.15, 0.2) is 35.3 Å². The van der Waals surface area contributed by atoms with Gasteiger partial charge >= 0.3 is 0 Å². The monoisotopic (exact) mass is 312 g/mol. The molecule has 92 valence electrons. The Morgan fingerprint density at radius 3 is 2.56 bits per heavy atom. The highest BCUT2D eigenvalue weighted by Crippen LogP contribution is 2.22. The Kier molecular flexibility index (Phi) is 3.76. The van der Waals surface area contributed by atoms with Crippen LogP contribution in [0.5, 0.6) is 0 Å². The average molecular weight is 313 g/mol. The van der Waals surface area contributed by atoms with Crippen LogP contribution < -0.4 is 0 Å². The van der Waals surface area contributed by atoms with Crippen LogP contribution >= 0.6 is 15.9 Å². The average Bonchev–Trinajstić information content (AvgIpc) is 2.40. The van der Waals surface area contributed by atoms with E-state index in [-0.39, 0.29) is 22.0 Å². The molecule has 0 radical (unpaired) electrons. The van der Waals surface area contributed by atoms with E-state index in [1.54, 1.807) is 0 Å². The number of hydrogen-bond acceptors (Lipinski definition) is 3. The molecule has 1 aromatic heterocycles. The molecule has 0 unspecified atom stereocenters. The Balaban J connectivity index is 2.30. The van der Waals surface area contributed by atoms with Crippen molar-refractivity contribution in [1.29, 1.82) is 0 Å². The fourth-order valence-corrected chi connectivity index (χ4v) is 1.81. The van der Waals surface area contributed by atoms with Crippen LogP contribution in [0.1, 0.15) is 15.9 Å². The summed E-state index contributed by atoms with van der Waals surface area (Å²) < 4.78 is 27.3. The molecular formula is C12H7BrF2N2O. The van der Waals surface area contributed by atoms with Crippen LogP contribution in [0.3, 0.4) is 0 Å². The number of rotatable bonds is 3. The second-order valence-electron chi connectivity index (χ2n) is 3.55. The van der Waals surface area contributed by atoms with Crippen LogP contribution in [0.4, 0.5) is 8.78 Å². The molecule has 0 fully saturated rings. The minimum Gasteiger partial charge on any atom is -0.294 e. The Hall–Kier alpha value is -1.69. The fourth-order valence-electron chi connectivity index (χ4n) is 1.44. The van der Waals surface area contributed by atoms with Crippen molar-refractivity contribution in [2.24, 2.45) is 0 Å². The lowest BCUT2D eigenvalue weighted by Crippen LogP contribution is -2.08. The maximum absolute atomic E-state index is 13.7. The summed E-state index contributed by atoms with van der Waals surface area (Å²) in [6.45, 7) is 0. The summed E-state index contributed by atoms with van der Waals surface area (Å²) in [7, 11) is 0. The highest BCUT2D eigenvalue weighted by Gasteiger charge is 2.17. The molecular weight excluding hydrogens is 306 g/mol. The molecule has 18 heavy (non-hydrogen) atoms. The summed E-state index contributed by atoms with van der Waals surface area (Å²) in [6.07, 6.45) is 3.52. The van der Waals surface area contributed by atoms with E-state index >= 15 is 0 Å². The van der Waals surface area contributed by atoms with Gasteiger partial charge in [-0.25, -0.2) is 18.7 Å². The van der Waals surface area contributed by atoms with Gasteiger partial charge in [0, 0.05) is 24.4 Å². The first-order valence-electron chi connectivity index (χ1n) is 5.00. The first-order chi connectivity index (χ1) is 8.59. The maximum Gasteiger partial charge on any atom is 0.170 e. The zero-order valence-electron chi connectivity index (χ0n) is 9.03. The quantitative estimate of drug-likeness (QED) is 0.646. The number of carbonyl (C=O) groups excluding carboxylic acids is 1. The number of halogens is 3. The van der Waals surface area contributed by atoms with Crippen molar-refractivity contribution < 1.29 is 13.6 Å². The predicted molar refractivity (Wildman–Crippen MR) is 64.1 cm³/mol. The molecule has 2 rings (SSSR count). The molecule has 0 atom stereocenters. The van der Waals surface area contributed by atoms with Gasteiger partial charge in [0.15, 0.2) is 5.78 Å². The standard InChI is InChI=1S/C12H7BrF2N2O/c13-9-1-2-10(14)8(12(9)15)3-11(18)7-4-16-6-17-5-7/h1-2,4-6H,3H2. The molecule has 0 N–H and O–H groups in total. The van der Waals surface area contributed by atoms with Gasteiger partial charge in [-0.15, -0.1) is 0 Å². The van der Waals surface area contributed by atoms with Crippen molar-refractivity contribution in [2.45, 2.75) is 6.42 Å². The Bertz CT molecular complexity index is 590. The number of ketones is 1. The third kappa shape index (κ3) is 2.59. The summed E-state index contributed by atoms with van der Waals surface area (Å²) in [5, 5.41) is 0. The van der Waals surface area contributed by atoms with Crippen molar-refractivity contribution in [3.05, 3.63) is 58.1 Å². The summed E-state index contributed by atoms with van der Waals surface area (Å²) >= 11 is 2.95.